The molecule has 0 radical (unpaired) electrons. The third kappa shape index (κ3) is 7.66. The first-order valence-corrected chi connectivity index (χ1v) is 24.6. The summed E-state index contributed by atoms with van der Waals surface area (Å²) in [4.78, 5) is 52.2. The number of ether oxygens (including phenoxy) is 4. The fourth-order valence-corrected chi connectivity index (χ4v) is 11.2. The van der Waals surface area contributed by atoms with Crippen LogP contribution in [0.4, 0.5) is 11.6 Å². The zero-order valence-corrected chi connectivity index (χ0v) is 36.5. The van der Waals surface area contributed by atoms with E-state index in [1.54, 1.807) is 72.2 Å². The van der Waals surface area contributed by atoms with Crippen LogP contribution in [0.2, 0.25) is 0 Å². The minimum absolute atomic E-state index is 0.137. The summed E-state index contributed by atoms with van der Waals surface area (Å²) in [5.74, 6) is -0.538. The highest BCUT2D eigenvalue weighted by atomic mass is 32.7. The number of benzene rings is 2. The summed E-state index contributed by atoms with van der Waals surface area (Å²) in [6, 6.07) is 17.2. The summed E-state index contributed by atoms with van der Waals surface area (Å²) in [6.07, 6.45) is -1.28. The average molecular weight is 939 g/mol. The largest absolute Gasteiger partial charge is 0.386 e. The molecule has 2 aromatic carbocycles. The minimum atomic E-state index is -4.37. The molecular weight excluding hydrogens is 903 g/mol. The second kappa shape index (κ2) is 16.1. The van der Waals surface area contributed by atoms with Crippen molar-refractivity contribution in [1.29, 1.82) is 0 Å². The third-order valence-corrected chi connectivity index (χ3v) is 14.3. The smallest absolute Gasteiger partial charge is 0.374 e. The summed E-state index contributed by atoms with van der Waals surface area (Å²) in [5, 5.41) is 5.53. The van der Waals surface area contributed by atoms with Gasteiger partial charge in [0.1, 0.15) is 48.3 Å². The molecule has 0 spiro atoms. The molecule has 10 rings (SSSR count). The number of carbonyl (C=O) groups is 2. The van der Waals surface area contributed by atoms with E-state index in [0.717, 1.165) is 0 Å². The van der Waals surface area contributed by atoms with Crippen LogP contribution >= 0.6 is 38.1 Å². The van der Waals surface area contributed by atoms with Gasteiger partial charge < -0.3 is 29.6 Å². The molecule has 328 valence electrons. The third-order valence-electron chi connectivity index (χ3n) is 11.1. The first-order chi connectivity index (χ1) is 30.3. The van der Waals surface area contributed by atoms with Gasteiger partial charge in [0.25, 0.3) is 11.8 Å². The number of hydrogen-bond donors (Lipinski definition) is 4. The maximum absolute atomic E-state index is 14.3. The van der Waals surface area contributed by atoms with Crippen LogP contribution in [0.1, 0.15) is 40.1 Å². The van der Waals surface area contributed by atoms with Gasteiger partial charge in [-0.2, -0.15) is 0 Å². The predicted octanol–water partition coefficient (Wildman–Crippen LogP) is 5.03. The molecule has 4 aliphatic rings. The molecule has 2 amide bonds. The van der Waals surface area contributed by atoms with Crippen LogP contribution in [0, 0.1) is 0 Å². The van der Waals surface area contributed by atoms with Gasteiger partial charge in [0.15, 0.2) is 46.4 Å². The topological polar surface area (TPSA) is 253 Å². The molecule has 4 fully saturated rings. The number of methoxy groups -OCH3 is 1. The predicted molar refractivity (Wildman–Crippen MR) is 226 cm³/mol. The van der Waals surface area contributed by atoms with Crippen molar-refractivity contribution in [3.8, 4) is 0 Å². The molecule has 10 atom stereocenters. The van der Waals surface area contributed by atoms with Crippen molar-refractivity contribution in [2.45, 2.75) is 55.0 Å². The van der Waals surface area contributed by atoms with E-state index in [9.17, 15) is 18.7 Å². The molecule has 63 heavy (non-hydrogen) atoms. The SMILES string of the molecule is CO[C@H]1[C@H](n2cnc3c(NC(=O)c4ccccc4)ncnc32)O[C@]2(C)CO[P@@](=O)(S)O[C@H]3[C@H]4OC[C@]3(CO[P@](=O)(S)O[C@@H]12)OC4n1cnc2c(NC(=O)c3ccccc3)ncnc21. The van der Waals surface area contributed by atoms with Crippen molar-refractivity contribution in [2.24, 2.45) is 0 Å². The Kier molecular flexibility index (Phi) is 10.8. The van der Waals surface area contributed by atoms with Crippen molar-refractivity contribution in [3.63, 3.8) is 0 Å². The van der Waals surface area contributed by atoms with E-state index in [4.69, 9.17) is 37.0 Å². The summed E-state index contributed by atoms with van der Waals surface area (Å²) in [7, 11) is 1.39. The van der Waals surface area contributed by atoms with Gasteiger partial charge >= 0.3 is 13.6 Å². The van der Waals surface area contributed by atoms with Crippen LogP contribution in [0.15, 0.2) is 86.0 Å². The maximum atomic E-state index is 14.3. The van der Waals surface area contributed by atoms with Crippen molar-refractivity contribution < 1.29 is 55.8 Å². The number of rotatable bonds is 7. The lowest BCUT2D eigenvalue weighted by atomic mass is 9.98. The summed E-state index contributed by atoms with van der Waals surface area (Å²) >= 11 is 8.73. The lowest BCUT2D eigenvalue weighted by molar-refractivity contribution is -0.183. The molecule has 26 heteroatoms. The second-order valence-corrected chi connectivity index (χ2v) is 20.9. The monoisotopic (exact) mass is 938 g/mol. The van der Waals surface area contributed by atoms with Crippen molar-refractivity contribution in [1.82, 2.24) is 39.0 Å². The fraction of sp³-hybridized carbons (Fsp3) is 0.351. The zero-order valence-electron chi connectivity index (χ0n) is 32.9. The Morgan fingerprint density at radius 3 is 1.79 bits per heavy atom. The van der Waals surface area contributed by atoms with Gasteiger partial charge in [-0.1, -0.05) is 60.9 Å². The lowest BCUT2D eigenvalue weighted by Gasteiger charge is -2.36. The Hall–Kier alpha value is -4.68. The van der Waals surface area contributed by atoms with Gasteiger partial charge in [-0.3, -0.25) is 36.8 Å². The van der Waals surface area contributed by atoms with E-state index in [2.05, 4.69) is 65.0 Å². The van der Waals surface area contributed by atoms with Crippen molar-refractivity contribution >= 4 is 83.9 Å². The minimum Gasteiger partial charge on any atom is -0.374 e. The summed E-state index contributed by atoms with van der Waals surface area (Å²) < 4.78 is 81.1. The molecule has 4 saturated heterocycles. The highest BCUT2D eigenvalue weighted by Crippen LogP contribution is 2.64. The number of anilines is 2. The van der Waals surface area contributed by atoms with Crippen LogP contribution in [0.5, 0.6) is 0 Å². The maximum Gasteiger partial charge on any atom is 0.386 e. The van der Waals surface area contributed by atoms with Gasteiger partial charge in [-0.05, 0) is 31.2 Å². The Labute approximate surface area is 367 Å². The molecule has 2 bridgehead atoms. The number of aromatic nitrogens is 8. The highest BCUT2D eigenvalue weighted by Gasteiger charge is 2.66. The second-order valence-electron chi connectivity index (χ2n) is 15.1. The molecule has 0 aliphatic carbocycles. The molecular formula is C37H36N10O12P2S2. The Morgan fingerprint density at radius 2 is 1.24 bits per heavy atom. The van der Waals surface area contributed by atoms with E-state index in [0.29, 0.717) is 11.1 Å². The number of fused-ring (bicyclic) bond motifs is 3. The first kappa shape index (κ1) is 42.3. The van der Waals surface area contributed by atoms with E-state index in [1.807, 2.05) is 0 Å². The standard InChI is InChI=1S/C37H36N10O12P2S2/c1-36-13-54-60(50,62)59-27-25-35(47-19-43-23-29(39-17-41-31(23)47)45-33(49)21-11-7-4-8-12-21)57-37(27,14-53-25)15-55-61(51,63)58-26(36)24(52-2)34(56-36)46-18-42-22-28(38-16-40-30(22)46)44-32(48)20-9-5-3-6-10-20/h3-12,16-19,24-27,34-35H,13-15H2,1-2H3,(H,50,62)(H,51,63)(H,38,40,44,48)(H,39,41,45,49)/t24-,25-,26+,27+,34-,35?,36-,37-,60-,61+/m1/s1. The summed E-state index contributed by atoms with van der Waals surface area (Å²) in [5.41, 5.74) is -1.35. The summed E-state index contributed by atoms with van der Waals surface area (Å²) in [6.45, 7) is -8.28. The Bertz CT molecular complexity index is 2850. The Morgan fingerprint density at radius 1 is 0.714 bits per heavy atom. The van der Waals surface area contributed by atoms with Crippen molar-refractivity contribution in [3.05, 3.63) is 97.1 Å². The van der Waals surface area contributed by atoms with E-state index < -0.39 is 86.7 Å². The van der Waals surface area contributed by atoms with Gasteiger partial charge in [0.05, 0.1) is 32.5 Å². The molecule has 22 nitrogen and oxygen atoms in total. The van der Waals surface area contributed by atoms with Crippen LogP contribution in [-0.4, -0.2) is 113 Å². The highest BCUT2D eigenvalue weighted by molar-refractivity contribution is 8.44. The fourth-order valence-electron chi connectivity index (χ4n) is 8.07. The van der Waals surface area contributed by atoms with Gasteiger partial charge in [-0.15, -0.1) is 0 Å². The van der Waals surface area contributed by atoms with E-state index in [-0.39, 0.29) is 40.6 Å². The quantitative estimate of drug-likeness (QED) is 0.121. The molecule has 0 saturated carbocycles. The van der Waals surface area contributed by atoms with Crippen LogP contribution in [0.25, 0.3) is 22.3 Å². The molecule has 4 aliphatic heterocycles. The molecule has 2 N–H and O–H groups in total. The number of carbonyl (C=O) groups excluding carboxylic acids is 2. The number of hydrogen-bond acceptors (Lipinski definition) is 18. The Balaban J connectivity index is 0.921. The normalized spacial score (nSPS) is 33.0. The van der Waals surface area contributed by atoms with Crippen molar-refractivity contribution in [2.75, 3.05) is 37.6 Å². The van der Waals surface area contributed by atoms with E-state index >= 15 is 0 Å². The number of amides is 2. The number of thiol groups is 2. The van der Waals surface area contributed by atoms with Gasteiger partial charge in [0, 0.05) is 18.2 Å². The first-order valence-electron chi connectivity index (χ1n) is 19.2. The molecule has 6 aromatic rings. The number of nitrogens with one attached hydrogen (secondary N) is 2. The van der Waals surface area contributed by atoms with Crippen LogP contribution in [-0.2, 0) is 46.2 Å². The number of imidazole rings is 2. The molecule has 1 unspecified atom stereocenters. The van der Waals surface area contributed by atoms with E-state index in [1.165, 1.54) is 37.0 Å². The van der Waals surface area contributed by atoms with Crippen LogP contribution in [0.3, 0.4) is 0 Å². The van der Waals surface area contributed by atoms with Crippen LogP contribution < -0.4 is 10.6 Å². The van der Waals surface area contributed by atoms with Gasteiger partial charge in [-0.25, -0.2) is 39.0 Å². The zero-order chi connectivity index (χ0) is 43.7. The molecule has 4 aromatic heterocycles. The molecule has 8 heterocycles. The average Bonchev–Trinajstić information content (AvgIpc) is 4.10. The number of nitrogens with zero attached hydrogens (tertiary/aromatic N) is 8. The van der Waals surface area contributed by atoms with Gasteiger partial charge in [0.2, 0.25) is 0 Å². The lowest BCUT2D eigenvalue weighted by Crippen LogP contribution is -2.48.